The number of rotatable bonds is 5. The molecule has 1 aliphatic rings. The van der Waals surface area contributed by atoms with Crippen molar-refractivity contribution in [3.05, 3.63) is 204 Å². The zero-order chi connectivity index (χ0) is 37.5. The second kappa shape index (κ2) is 12.8. The Hall–Kier alpha value is -6.99. The number of nitrogens with zero attached hydrogens (tertiary/aromatic N) is 3. The van der Waals surface area contributed by atoms with Crippen LogP contribution in [0.5, 0.6) is 0 Å². The van der Waals surface area contributed by atoms with Crippen LogP contribution in [0.3, 0.4) is 0 Å². The van der Waals surface area contributed by atoms with Crippen molar-refractivity contribution in [2.24, 2.45) is 4.99 Å². The van der Waals surface area contributed by atoms with Crippen molar-refractivity contribution in [3.8, 4) is 16.8 Å². The zero-order valence-electron chi connectivity index (χ0n) is 30.6. The number of fused-ring (bicyclic) bond motifs is 9. The van der Waals surface area contributed by atoms with Gasteiger partial charge in [-0.25, -0.2) is 0 Å². The molecule has 3 aromatic heterocycles. The minimum atomic E-state index is -0.302. The Labute approximate surface area is 332 Å². The van der Waals surface area contributed by atoms with Gasteiger partial charge in [-0.1, -0.05) is 140 Å². The number of hydrogen-bond acceptors (Lipinski definition) is 4. The molecular weight excluding hydrogens is 717 g/mol. The molecule has 0 spiro atoms. The summed E-state index contributed by atoms with van der Waals surface area (Å²) >= 11 is 1.83. The summed E-state index contributed by atoms with van der Waals surface area (Å²) in [5, 5.41) is 16.1. The maximum Gasteiger partial charge on any atom is 0.159 e. The summed E-state index contributed by atoms with van der Waals surface area (Å²) < 4.78 is 11.7. The van der Waals surface area contributed by atoms with E-state index in [0.717, 1.165) is 55.7 Å². The average Bonchev–Trinajstić information content (AvgIpc) is 3.96. The van der Waals surface area contributed by atoms with Crippen molar-refractivity contribution in [2.45, 2.75) is 12.3 Å². The summed E-state index contributed by atoms with van der Waals surface area (Å²) in [7, 11) is 0. The SMILES string of the molecule is c1ccc(C2=NC(c3ccccc3)[N-]C(c3ccc4c(c3)sc3cccc(-c5ccc6c(c5)oc5c(-n7c8ccccc8c8ccccc87)cccc56)c34)N2)cc1. The molecule has 4 heterocycles. The summed E-state index contributed by atoms with van der Waals surface area (Å²) in [4.78, 5) is 5.05. The Bertz CT molecular complexity index is 3320. The lowest BCUT2D eigenvalue weighted by Gasteiger charge is -2.44. The number of thiophene rings is 1. The first kappa shape index (κ1) is 32.3. The maximum atomic E-state index is 6.87. The molecule has 0 radical (unpaired) electrons. The van der Waals surface area contributed by atoms with Crippen LogP contribution in [0.2, 0.25) is 0 Å². The van der Waals surface area contributed by atoms with Gasteiger partial charge in [-0.3, -0.25) is 4.99 Å². The van der Waals surface area contributed by atoms with Crippen molar-refractivity contribution in [3.63, 3.8) is 0 Å². The Morgan fingerprint density at radius 3 is 2.05 bits per heavy atom. The summed E-state index contributed by atoms with van der Waals surface area (Å²) in [6.45, 7) is 0. The Morgan fingerprint density at radius 2 is 1.25 bits per heavy atom. The number of furan rings is 1. The predicted molar refractivity (Wildman–Crippen MR) is 238 cm³/mol. The monoisotopic (exact) mass is 749 g/mol. The molecule has 270 valence electrons. The van der Waals surface area contributed by atoms with Gasteiger partial charge in [0.05, 0.1) is 16.7 Å². The Morgan fingerprint density at radius 1 is 0.544 bits per heavy atom. The zero-order valence-corrected chi connectivity index (χ0v) is 31.4. The third-order valence-corrected chi connectivity index (χ3v) is 12.5. The third-order valence-electron chi connectivity index (χ3n) is 11.4. The van der Waals surface area contributed by atoms with Crippen LogP contribution in [0.4, 0.5) is 0 Å². The van der Waals surface area contributed by atoms with Crippen molar-refractivity contribution < 1.29 is 4.42 Å². The van der Waals surface area contributed by atoms with Crippen LogP contribution < -0.4 is 5.32 Å². The van der Waals surface area contributed by atoms with E-state index in [-0.39, 0.29) is 12.3 Å². The molecule has 0 amide bonds. The van der Waals surface area contributed by atoms with Crippen molar-refractivity contribution in [2.75, 3.05) is 0 Å². The summed E-state index contributed by atoms with van der Waals surface area (Å²) in [6, 6.07) is 64.5. The number of nitrogens with one attached hydrogen (secondary N) is 1. The molecule has 2 atom stereocenters. The lowest BCUT2D eigenvalue weighted by atomic mass is 9.97. The molecule has 8 aromatic carbocycles. The van der Waals surface area contributed by atoms with Crippen molar-refractivity contribution >= 4 is 81.1 Å². The van der Waals surface area contributed by atoms with Crippen LogP contribution in [-0.2, 0) is 0 Å². The molecule has 1 aliphatic heterocycles. The Kier molecular flexibility index (Phi) is 7.24. The molecule has 0 bridgehead atoms. The molecule has 6 heteroatoms. The molecule has 0 aliphatic carbocycles. The second-order valence-electron chi connectivity index (χ2n) is 14.7. The highest BCUT2D eigenvalue weighted by Gasteiger charge is 2.21. The molecule has 0 saturated heterocycles. The first-order valence-electron chi connectivity index (χ1n) is 19.3. The topological polar surface area (TPSA) is 56.6 Å². The predicted octanol–water partition coefficient (Wildman–Crippen LogP) is 13.8. The van der Waals surface area contributed by atoms with E-state index in [1.165, 1.54) is 47.5 Å². The smallest absolute Gasteiger partial charge is 0.159 e. The second-order valence-corrected chi connectivity index (χ2v) is 15.8. The molecular formula is C51H33N4OS-. The number of benzene rings is 8. The van der Waals surface area contributed by atoms with E-state index in [2.05, 4.69) is 180 Å². The third kappa shape index (κ3) is 5.15. The number of para-hydroxylation sites is 3. The van der Waals surface area contributed by atoms with Gasteiger partial charge in [0, 0.05) is 47.3 Å². The fourth-order valence-electron chi connectivity index (χ4n) is 8.77. The minimum Gasteiger partial charge on any atom is -0.613 e. The highest BCUT2D eigenvalue weighted by Crippen LogP contribution is 2.44. The quantitative estimate of drug-likeness (QED) is 0.190. The van der Waals surface area contributed by atoms with E-state index < -0.39 is 0 Å². The molecule has 57 heavy (non-hydrogen) atoms. The van der Waals surface area contributed by atoms with E-state index in [1.54, 1.807) is 0 Å². The van der Waals surface area contributed by atoms with E-state index in [1.807, 2.05) is 23.5 Å². The van der Waals surface area contributed by atoms with Crippen LogP contribution in [0.25, 0.3) is 86.0 Å². The van der Waals surface area contributed by atoms with E-state index in [4.69, 9.17) is 14.7 Å². The van der Waals surface area contributed by atoms with Crippen molar-refractivity contribution in [1.82, 2.24) is 9.88 Å². The number of hydrogen-bond donors (Lipinski definition) is 1. The molecule has 0 saturated carbocycles. The van der Waals surface area contributed by atoms with Gasteiger partial charge in [0.25, 0.3) is 0 Å². The normalized spacial score (nSPS) is 15.9. The van der Waals surface area contributed by atoms with E-state index in [0.29, 0.717) is 0 Å². The van der Waals surface area contributed by atoms with Gasteiger partial charge in [-0.2, -0.15) is 0 Å². The van der Waals surface area contributed by atoms with E-state index >= 15 is 0 Å². The van der Waals surface area contributed by atoms with Gasteiger partial charge in [0.2, 0.25) is 0 Å². The van der Waals surface area contributed by atoms with Crippen LogP contribution in [0.15, 0.2) is 191 Å². The highest BCUT2D eigenvalue weighted by atomic mass is 32.1. The van der Waals surface area contributed by atoms with Gasteiger partial charge in [0.1, 0.15) is 11.4 Å². The summed E-state index contributed by atoms with van der Waals surface area (Å²) in [5.74, 6) is 0.853. The molecule has 11 aromatic rings. The first-order chi connectivity index (χ1) is 28.2. The van der Waals surface area contributed by atoms with Crippen LogP contribution in [-0.4, -0.2) is 10.4 Å². The maximum absolute atomic E-state index is 6.87. The van der Waals surface area contributed by atoms with Gasteiger partial charge < -0.3 is 19.6 Å². The lowest BCUT2D eigenvalue weighted by Crippen LogP contribution is -2.33. The van der Waals surface area contributed by atoms with Gasteiger partial charge in [0.15, 0.2) is 5.58 Å². The van der Waals surface area contributed by atoms with Gasteiger partial charge >= 0.3 is 0 Å². The fourth-order valence-corrected chi connectivity index (χ4v) is 9.95. The molecule has 2 unspecified atom stereocenters. The average molecular weight is 750 g/mol. The van der Waals surface area contributed by atoms with Crippen LogP contribution >= 0.6 is 11.3 Å². The number of amidine groups is 1. The lowest BCUT2D eigenvalue weighted by molar-refractivity contribution is 0.631. The largest absolute Gasteiger partial charge is 0.613 e. The van der Waals surface area contributed by atoms with E-state index in [9.17, 15) is 0 Å². The van der Waals surface area contributed by atoms with Gasteiger partial charge in [-0.05, 0) is 77.0 Å². The molecule has 5 nitrogen and oxygen atoms in total. The summed E-state index contributed by atoms with van der Waals surface area (Å²) in [5.41, 5.74) is 10.7. The summed E-state index contributed by atoms with van der Waals surface area (Å²) in [6.07, 6.45) is -0.552. The van der Waals surface area contributed by atoms with Crippen molar-refractivity contribution in [1.29, 1.82) is 0 Å². The number of aromatic nitrogens is 1. The minimum absolute atomic E-state index is 0.250. The molecule has 1 N–H and O–H groups in total. The highest BCUT2D eigenvalue weighted by molar-refractivity contribution is 7.26. The van der Waals surface area contributed by atoms with Gasteiger partial charge in [-0.15, -0.1) is 11.3 Å². The van der Waals surface area contributed by atoms with Crippen LogP contribution in [0, 0.1) is 0 Å². The Balaban J connectivity index is 0.951. The number of aliphatic imine (C=N–C) groups is 1. The molecule has 12 rings (SSSR count). The fraction of sp³-hybridized carbons (Fsp3) is 0.0392. The standard InChI is InChI=1S/C51H33N4OS/c1-3-13-31(14-4-1)49-52-50(32-15-5-2-6-16-32)54-51(53-49)34-26-28-40-46(30-34)57-45-24-12-19-35(47(40)45)33-25-27-38-39-20-11-23-43(48(39)56-44(38)29-33)55-41-21-9-7-17-36(41)37-18-8-10-22-42(37)55/h1-30,49,51H,(H,52,54)/q-1. The van der Waals surface area contributed by atoms with Crippen LogP contribution in [0.1, 0.15) is 29.0 Å². The molecule has 0 fully saturated rings. The first-order valence-corrected chi connectivity index (χ1v) is 20.1.